The number of carbonyl (C=O) groups is 1. The van der Waals surface area contributed by atoms with Crippen LogP contribution in [0.15, 0.2) is 48.0 Å². The Balaban J connectivity index is 1.71. The Morgan fingerprint density at radius 3 is 2.79 bits per heavy atom. The highest BCUT2D eigenvalue weighted by molar-refractivity contribution is 7.17. The molecular formula is C16H12ClN5OS. The molecule has 1 N–H and O–H groups in total. The van der Waals surface area contributed by atoms with E-state index in [0.29, 0.717) is 26.3 Å². The van der Waals surface area contributed by atoms with Crippen LogP contribution < -0.4 is 5.43 Å². The van der Waals surface area contributed by atoms with E-state index in [1.165, 1.54) is 11.3 Å². The van der Waals surface area contributed by atoms with Gasteiger partial charge in [0.25, 0.3) is 5.91 Å². The zero-order valence-electron chi connectivity index (χ0n) is 12.6. The van der Waals surface area contributed by atoms with Crippen LogP contribution in [0.1, 0.15) is 20.9 Å². The van der Waals surface area contributed by atoms with Crippen LogP contribution in [0.25, 0.3) is 10.7 Å². The van der Waals surface area contributed by atoms with Crippen molar-refractivity contribution in [2.75, 3.05) is 0 Å². The summed E-state index contributed by atoms with van der Waals surface area (Å²) in [6.07, 6.45) is 6.33. The molecule has 3 aromatic rings. The predicted molar refractivity (Wildman–Crippen MR) is 94.4 cm³/mol. The lowest BCUT2D eigenvalue weighted by atomic mass is 10.2. The van der Waals surface area contributed by atoms with E-state index in [0.717, 1.165) is 5.56 Å². The summed E-state index contributed by atoms with van der Waals surface area (Å²) in [6.45, 7) is 1.77. The van der Waals surface area contributed by atoms with Crippen LogP contribution in [-0.2, 0) is 0 Å². The number of aromatic nitrogens is 3. The maximum atomic E-state index is 12.2. The predicted octanol–water partition coefficient (Wildman–Crippen LogP) is 3.33. The monoisotopic (exact) mass is 357 g/mol. The number of amides is 1. The third-order valence-corrected chi connectivity index (χ3v) is 4.47. The molecule has 0 spiro atoms. The van der Waals surface area contributed by atoms with Crippen molar-refractivity contribution in [1.82, 2.24) is 20.4 Å². The standard InChI is InChI=1S/C16H12ClN5OS/c1-10-14(24-16(21-10)13-9-18-6-7-19-13)15(23)22-20-8-11-2-4-12(17)5-3-11/h2-9H,1H3,(H,22,23)/b20-8+. The lowest BCUT2D eigenvalue weighted by Crippen LogP contribution is -2.17. The number of rotatable bonds is 4. The fourth-order valence-corrected chi connectivity index (χ4v) is 2.93. The quantitative estimate of drug-likeness (QED) is 0.573. The van der Waals surface area contributed by atoms with Crippen LogP contribution in [0.5, 0.6) is 0 Å². The Kier molecular flexibility index (Phi) is 4.93. The second kappa shape index (κ2) is 7.29. The number of hydrazone groups is 1. The summed E-state index contributed by atoms with van der Waals surface area (Å²) >= 11 is 7.07. The van der Waals surface area contributed by atoms with Crippen molar-refractivity contribution in [1.29, 1.82) is 0 Å². The van der Waals surface area contributed by atoms with Gasteiger partial charge < -0.3 is 0 Å². The first kappa shape index (κ1) is 16.2. The van der Waals surface area contributed by atoms with Crippen molar-refractivity contribution in [3.63, 3.8) is 0 Å². The first-order valence-electron chi connectivity index (χ1n) is 6.96. The first-order chi connectivity index (χ1) is 11.6. The third kappa shape index (κ3) is 3.81. The molecule has 2 aromatic heterocycles. The van der Waals surface area contributed by atoms with E-state index in [-0.39, 0.29) is 5.91 Å². The van der Waals surface area contributed by atoms with Gasteiger partial charge in [0.1, 0.15) is 15.6 Å². The smallest absolute Gasteiger partial charge is 0.266 e. The molecule has 2 heterocycles. The molecule has 1 amide bonds. The summed E-state index contributed by atoms with van der Waals surface area (Å²) in [5, 5.41) is 5.25. The zero-order valence-corrected chi connectivity index (χ0v) is 14.2. The second-order valence-corrected chi connectivity index (χ2v) is 6.21. The van der Waals surface area contributed by atoms with Crippen molar-refractivity contribution < 1.29 is 4.79 Å². The van der Waals surface area contributed by atoms with Gasteiger partial charge in [0.05, 0.1) is 18.1 Å². The molecule has 0 atom stereocenters. The van der Waals surface area contributed by atoms with E-state index >= 15 is 0 Å². The van der Waals surface area contributed by atoms with Crippen LogP contribution >= 0.6 is 22.9 Å². The third-order valence-electron chi connectivity index (χ3n) is 3.03. The molecule has 0 fully saturated rings. The Morgan fingerprint density at radius 1 is 1.29 bits per heavy atom. The van der Waals surface area contributed by atoms with Crippen molar-refractivity contribution >= 4 is 35.1 Å². The average molecular weight is 358 g/mol. The molecule has 8 heteroatoms. The number of nitrogens with one attached hydrogen (secondary N) is 1. The van der Waals surface area contributed by atoms with Crippen molar-refractivity contribution in [3.8, 4) is 10.7 Å². The van der Waals surface area contributed by atoms with E-state index in [2.05, 4.69) is 25.5 Å². The van der Waals surface area contributed by atoms with Crippen LogP contribution in [-0.4, -0.2) is 27.1 Å². The van der Waals surface area contributed by atoms with Gasteiger partial charge in [-0.2, -0.15) is 5.10 Å². The van der Waals surface area contributed by atoms with Gasteiger partial charge in [-0.1, -0.05) is 23.7 Å². The molecule has 1 aromatic carbocycles. The molecule has 3 rings (SSSR count). The zero-order chi connectivity index (χ0) is 16.9. The largest absolute Gasteiger partial charge is 0.283 e. The fourth-order valence-electron chi connectivity index (χ4n) is 1.89. The molecule has 6 nitrogen and oxygen atoms in total. The number of nitrogens with zero attached hydrogens (tertiary/aromatic N) is 4. The maximum absolute atomic E-state index is 12.2. The number of carbonyl (C=O) groups excluding carboxylic acids is 1. The fraction of sp³-hybridized carbons (Fsp3) is 0.0625. The van der Waals surface area contributed by atoms with Crippen molar-refractivity contribution in [3.05, 3.63) is 64.0 Å². The number of aryl methyl sites for hydroxylation is 1. The van der Waals surface area contributed by atoms with Gasteiger partial charge in [0, 0.05) is 17.4 Å². The minimum Gasteiger partial charge on any atom is -0.266 e. The minimum absolute atomic E-state index is 0.314. The molecule has 0 saturated heterocycles. The molecule has 0 aliphatic carbocycles. The highest BCUT2D eigenvalue weighted by atomic mass is 35.5. The molecule has 24 heavy (non-hydrogen) atoms. The average Bonchev–Trinajstić information content (AvgIpc) is 2.99. The number of thiazole rings is 1. The molecule has 0 radical (unpaired) electrons. The van der Waals surface area contributed by atoms with E-state index in [9.17, 15) is 4.79 Å². The van der Waals surface area contributed by atoms with Crippen molar-refractivity contribution in [2.45, 2.75) is 6.92 Å². The van der Waals surface area contributed by atoms with Gasteiger partial charge in [0.15, 0.2) is 0 Å². The van der Waals surface area contributed by atoms with Gasteiger partial charge in [-0.25, -0.2) is 10.4 Å². The van der Waals surface area contributed by atoms with E-state index in [1.807, 2.05) is 12.1 Å². The summed E-state index contributed by atoms with van der Waals surface area (Å²) in [5.41, 5.74) is 4.59. The molecule has 0 unspecified atom stereocenters. The summed E-state index contributed by atoms with van der Waals surface area (Å²) in [4.78, 5) is 25.3. The Labute approximate surface area is 147 Å². The number of benzene rings is 1. The molecule has 0 saturated carbocycles. The van der Waals surface area contributed by atoms with Gasteiger partial charge in [0.2, 0.25) is 0 Å². The topological polar surface area (TPSA) is 80.1 Å². The number of hydrogen-bond acceptors (Lipinski definition) is 6. The lowest BCUT2D eigenvalue weighted by molar-refractivity contribution is 0.0958. The SMILES string of the molecule is Cc1nc(-c2cnccn2)sc1C(=O)N/N=C/c1ccc(Cl)cc1. The molecule has 120 valence electrons. The Hall–Kier alpha value is -2.64. The van der Waals surface area contributed by atoms with E-state index in [4.69, 9.17) is 11.6 Å². The normalized spacial score (nSPS) is 10.9. The molecule has 0 bridgehead atoms. The van der Waals surface area contributed by atoms with Crippen molar-refractivity contribution in [2.24, 2.45) is 5.10 Å². The van der Waals surface area contributed by atoms with Crippen LogP contribution in [0.4, 0.5) is 0 Å². The first-order valence-corrected chi connectivity index (χ1v) is 8.16. The summed E-state index contributed by atoms with van der Waals surface area (Å²) in [7, 11) is 0. The summed E-state index contributed by atoms with van der Waals surface area (Å²) < 4.78 is 0. The highest BCUT2D eigenvalue weighted by Crippen LogP contribution is 2.25. The van der Waals surface area contributed by atoms with Gasteiger partial charge in [-0.3, -0.25) is 14.8 Å². The summed E-state index contributed by atoms with van der Waals surface area (Å²) in [5.74, 6) is -0.314. The Morgan fingerprint density at radius 2 is 2.08 bits per heavy atom. The van der Waals surface area contributed by atoms with Crippen LogP contribution in [0, 0.1) is 6.92 Å². The van der Waals surface area contributed by atoms with Gasteiger partial charge in [-0.05, 0) is 24.6 Å². The number of hydrogen-bond donors (Lipinski definition) is 1. The molecule has 0 aliphatic rings. The molecule has 0 aliphatic heterocycles. The maximum Gasteiger partial charge on any atom is 0.283 e. The summed E-state index contributed by atoms with van der Waals surface area (Å²) in [6, 6.07) is 7.13. The second-order valence-electron chi connectivity index (χ2n) is 4.77. The Bertz CT molecular complexity index is 877. The van der Waals surface area contributed by atoms with Gasteiger partial charge >= 0.3 is 0 Å². The minimum atomic E-state index is -0.314. The van der Waals surface area contributed by atoms with E-state index < -0.39 is 0 Å². The lowest BCUT2D eigenvalue weighted by Gasteiger charge is -1.97. The van der Waals surface area contributed by atoms with E-state index in [1.54, 1.807) is 43.9 Å². The van der Waals surface area contributed by atoms with Gasteiger partial charge in [-0.15, -0.1) is 11.3 Å². The highest BCUT2D eigenvalue weighted by Gasteiger charge is 2.16. The van der Waals surface area contributed by atoms with Crippen LogP contribution in [0.3, 0.4) is 0 Å². The number of halogens is 1. The van der Waals surface area contributed by atoms with Crippen LogP contribution in [0.2, 0.25) is 5.02 Å². The molecular weight excluding hydrogens is 346 g/mol.